The predicted molar refractivity (Wildman–Crippen MR) is 78.8 cm³/mol. The van der Waals surface area contributed by atoms with Gasteiger partial charge in [0.25, 0.3) is 5.56 Å². The lowest BCUT2D eigenvalue weighted by Crippen LogP contribution is -2.30. The molecule has 0 aliphatic heterocycles. The number of thiophene rings is 1. The Morgan fingerprint density at radius 3 is 3.00 bits per heavy atom. The Labute approximate surface area is 116 Å². The molecule has 19 heavy (non-hydrogen) atoms. The number of nitrogens with two attached hydrogens (primary N) is 1. The van der Waals surface area contributed by atoms with E-state index in [9.17, 15) is 4.79 Å². The predicted octanol–water partition coefficient (Wildman–Crippen LogP) is 2.47. The summed E-state index contributed by atoms with van der Waals surface area (Å²) in [6.07, 6.45) is 3.24. The van der Waals surface area contributed by atoms with Crippen molar-refractivity contribution in [3.63, 3.8) is 0 Å². The second-order valence-corrected chi connectivity index (χ2v) is 5.95. The van der Waals surface area contributed by atoms with Crippen molar-refractivity contribution < 1.29 is 0 Å². The van der Waals surface area contributed by atoms with Gasteiger partial charge in [0.1, 0.15) is 0 Å². The summed E-state index contributed by atoms with van der Waals surface area (Å²) in [4.78, 5) is 13.6. The van der Waals surface area contributed by atoms with Gasteiger partial charge in [-0.2, -0.15) is 0 Å². The summed E-state index contributed by atoms with van der Waals surface area (Å²) >= 11 is 1.61. The highest BCUT2D eigenvalue weighted by Crippen LogP contribution is 2.26. The third-order valence-electron chi connectivity index (χ3n) is 3.88. The second-order valence-electron chi connectivity index (χ2n) is 4.97. The Kier molecular flexibility index (Phi) is 3.29. The lowest BCUT2D eigenvalue weighted by atomic mass is 10.0. The normalized spacial score (nSPS) is 15.5. The first-order valence-electron chi connectivity index (χ1n) is 6.76. The van der Waals surface area contributed by atoms with E-state index in [0.717, 1.165) is 36.2 Å². The average Bonchev–Trinajstić information content (AvgIpc) is 3.08. The molecule has 2 heterocycles. The van der Waals surface area contributed by atoms with Crippen LogP contribution < -0.4 is 11.3 Å². The monoisotopic (exact) mass is 274 g/mol. The van der Waals surface area contributed by atoms with Gasteiger partial charge in [-0.05, 0) is 49.3 Å². The molecule has 0 bridgehead atoms. The van der Waals surface area contributed by atoms with E-state index in [1.165, 1.54) is 11.3 Å². The fourth-order valence-electron chi connectivity index (χ4n) is 2.92. The maximum absolute atomic E-state index is 12.6. The third-order valence-corrected chi connectivity index (χ3v) is 4.83. The van der Waals surface area contributed by atoms with Gasteiger partial charge in [-0.25, -0.2) is 0 Å². The molecule has 1 unspecified atom stereocenters. The van der Waals surface area contributed by atoms with Crippen LogP contribution in [0.1, 0.15) is 41.1 Å². The molecule has 100 valence electrons. The van der Waals surface area contributed by atoms with E-state index >= 15 is 0 Å². The van der Waals surface area contributed by atoms with Crippen LogP contribution in [0.3, 0.4) is 0 Å². The van der Waals surface area contributed by atoms with Crippen LogP contribution in [0.4, 0.5) is 0 Å². The molecule has 2 aromatic rings. The highest BCUT2D eigenvalue weighted by Gasteiger charge is 2.22. The van der Waals surface area contributed by atoms with Gasteiger partial charge < -0.3 is 10.3 Å². The maximum atomic E-state index is 12.6. The zero-order valence-corrected chi connectivity index (χ0v) is 11.9. The Hall–Kier alpha value is -1.39. The lowest BCUT2D eigenvalue weighted by Gasteiger charge is -2.16. The molecule has 1 aliphatic carbocycles. The first kappa shape index (κ1) is 12.6. The summed E-state index contributed by atoms with van der Waals surface area (Å²) in [5, 5.41) is 2.00. The molecule has 4 heteroatoms. The molecular weight excluding hydrogens is 256 g/mol. The largest absolute Gasteiger partial charge is 0.319 e. The van der Waals surface area contributed by atoms with E-state index in [-0.39, 0.29) is 11.6 Å². The van der Waals surface area contributed by atoms with E-state index in [4.69, 9.17) is 5.73 Å². The van der Waals surface area contributed by atoms with Gasteiger partial charge in [0, 0.05) is 22.7 Å². The van der Waals surface area contributed by atoms with Gasteiger partial charge in [-0.15, -0.1) is 11.3 Å². The quantitative estimate of drug-likeness (QED) is 0.934. The zero-order chi connectivity index (χ0) is 13.4. The molecule has 2 aromatic heterocycles. The van der Waals surface area contributed by atoms with Crippen molar-refractivity contribution in [1.82, 2.24) is 4.57 Å². The molecule has 0 spiro atoms. The number of aromatic nitrogens is 1. The van der Waals surface area contributed by atoms with Gasteiger partial charge in [0.15, 0.2) is 0 Å². The van der Waals surface area contributed by atoms with Crippen molar-refractivity contribution in [1.29, 1.82) is 0 Å². The molecule has 0 saturated carbocycles. The van der Waals surface area contributed by atoms with Crippen molar-refractivity contribution in [3.8, 4) is 0 Å². The molecule has 1 atom stereocenters. The first-order chi connectivity index (χ1) is 9.22. The maximum Gasteiger partial charge on any atom is 0.255 e. The summed E-state index contributed by atoms with van der Waals surface area (Å²) in [6.45, 7) is 2.76. The summed E-state index contributed by atoms with van der Waals surface area (Å²) in [5.41, 5.74) is 9.63. The molecular formula is C15H18N2OS. The number of hydrogen-bond donors (Lipinski definition) is 1. The van der Waals surface area contributed by atoms with Crippen molar-refractivity contribution in [2.24, 2.45) is 5.73 Å². The standard InChI is InChI=1S/C15H18N2OS/c1-2-17-12-6-3-5-10(12)9-11(15(17)18)14(16)13-7-4-8-19-13/h4,7-9,14H,2-3,5-6,16H2,1H3. The second kappa shape index (κ2) is 4.94. The van der Waals surface area contributed by atoms with E-state index in [1.54, 1.807) is 11.3 Å². The number of pyridine rings is 1. The van der Waals surface area contributed by atoms with Gasteiger partial charge in [-0.3, -0.25) is 4.79 Å². The summed E-state index contributed by atoms with van der Waals surface area (Å²) < 4.78 is 1.91. The van der Waals surface area contributed by atoms with Crippen LogP contribution in [0, 0.1) is 0 Å². The van der Waals surface area contributed by atoms with Crippen LogP contribution in [0.25, 0.3) is 0 Å². The van der Waals surface area contributed by atoms with Crippen LogP contribution in [-0.2, 0) is 19.4 Å². The Balaban J connectivity index is 2.15. The van der Waals surface area contributed by atoms with Crippen molar-refractivity contribution in [2.75, 3.05) is 0 Å². The zero-order valence-electron chi connectivity index (χ0n) is 11.1. The highest BCUT2D eigenvalue weighted by molar-refractivity contribution is 7.10. The van der Waals surface area contributed by atoms with Crippen molar-refractivity contribution >= 4 is 11.3 Å². The van der Waals surface area contributed by atoms with Crippen LogP contribution in [-0.4, -0.2) is 4.57 Å². The molecule has 3 nitrogen and oxygen atoms in total. The van der Waals surface area contributed by atoms with E-state index in [2.05, 4.69) is 0 Å². The lowest BCUT2D eigenvalue weighted by molar-refractivity contribution is 0.665. The van der Waals surface area contributed by atoms with Crippen molar-refractivity contribution in [3.05, 3.63) is 55.6 Å². The molecule has 1 aliphatic rings. The molecule has 0 saturated heterocycles. The smallest absolute Gasteiger partial charge is 0.255 e. The van der Waals surface area contributed by atoms with Crippen LogP contribution >= 0.6 is 11.3 Å². The van der Waals surface area contributed by atoms with Crippen LogP contribution in [0.15, 0.2) is 28.4 Å². The van der Waals surface area contributed by atoms with Gasteiger partial charge in [-0.1, -0.05) is 6.07 Å². The molecule has 0 amide bonds. The van der Waals surface area contributed by atoms with E-state index in [1.807, 2.05) is 35.1 Å². The van der Waals surface area contributed by atoms with Gasteiger partial charge >= 0.3 is 0 Å². The van der Waals surface area contributed by atoms with E-state index in [0.29, 0.717) is 0 Å². The Morgan fingerprint density at radius 1 is 1.47 bits per heavy atom. The minimum atomic E-state index is -0.295. The Bertz CT molecular complexity index is 643. The molecule has 0 fully saturated rings. The number of nitrogens with zero attached hydrogens (tertiary/aromatic N) is 1. The number of fused-ring (bicyclic) bond motifs is 1. The van der Waals surface area contributed by atoms with Gasteiger partial charge in [0.2, 0.25) is 0 Å². The third kappa shape index (κ3) is 2.05. The first-order valence-corrected chi connectivity index (χ1v) is 7.64. The fourth-order valence-corrected chi connectivity index (χ4v) is 3.67. The number of aryl methyl sites for hydroxylation is 1. The SMILES string of the molecule is CCn1c2c(cc(C(N)c3cccs3)c1=O)CCC2. The van der Waals surface area contributed by atoms with Crippen LogP contribution in [0.5, 0.6) is 0 Å². The fraction of sp³-hybridized carbons (Fsp3) is 0.400. The molecule has 0 radical (unpaired) electrons. The summed E-state index contributed by atoms with van der Waals surface area (Å²) in [6, 6.07) is 5.72. The summed E-state index contributed by atoms with van der Waals surface area (Å²) in [5.74, 6) is 0. The minimum Gasteiger partial charge on any atom is -0.319 e. The van der Waals surface area contributed by atoms with Gasteiger partial charge in [0.05, 0.1) is 6.04 Å². The molecule has 0 aromatic carbocycles. The van der Waals surface area contributed by atoms with E-state index < -0.39 is 0 Å². The topological polar surface area (TPSA) is 48.0 Å². The Morgan fingerprint density at radius 2 is 2.32 bits per heavy atom. The minimum absolute atomic E-state index is 0.0871. The highest BCUT2D eigenvalue weighted by atomic mass is 32.1. The van der Waals surface area contributed by atoms with Crippen molar-refractivity contribution in [2.45, 2.75) is 38.8 Å². The number of hydrogen-bond acceptors (Lipinski definition) is 3. The number of rotatable bonds is 3. The average molecular weight is 274 g/mol. The molecule has 3 rings (SSSR count). The summed E-state index contributed by atoms with van der Waals surface area (Å²) in [7, 11) is 0. The van der Waals surface area contributed by atoms with Crippen LogP contribution in [0.2, 0.25) is 0 Å². The molecule has 2 N–H and O–H groups in total.